The van der Waals surface area contributed by atoms with E-state index < -0.39 is 21.9 Å². The predicted molar refractivity (Wildman–Crippen MR) is 133 cm³/mol. The van der Waals surface area contributed by atoms with Crippen LogP contribution in [-0.2, 0) is 30.8 Å². The molecule has 0 radical (unpaired) electrons. The van der Waals surface area contributed by atoms with Gasteiger partial charge in [0.1, 0.15) is 0 Å². The lowest BCUT2D eigenvalue weighted by molar-refractivity contribution is -0.153. The van der Waals surface area contributed by atoms with Gasteiger partial charge >= 0.3 is 5.97 Å². The molecule has 1 heterocycles. The molecular weight excluding hydrogens is 464 g/mol. The molecule has 0 unspecified atom stereocenters. The summed E-state index contributed by atoms with van der Waals surface area (Å²) in [5, 5.41) is 2.99. The number of carbonyl (C=O) groups is 2. The fourth-order valence-corrected chi connectivity index (χ4v) is 6.37. The maximum atomic E-state index is 13.0. The number of carbonyl (C=O) groups excluding carboxylic acids is 2. The Morgan fingerprint density at radius 2 is 1.71 bits per heavy atom. The number of fused-ring (bicyclic) bond motifs is 1. The molecule has 2 aliphatic rings. The van der Waals surface area contributed by atoms with Crippen molar-refractivity contribution in [3.05, 3.63) is 65.2 Å². The zero-order chi connectivity index (χ0) is 25.0. The highest BCUT2D eigenvalue weighted by Gasteiger charge is 2.33. The standard InChI is InChI=1S/C27H34N2O5S/c1-19(2)20-10-12-23(13-11-20)35(32,33)29-16-14-22(15-17-29)27(31)34-18-26(30)28-25-9-5-7-21-6-3-4-8-24(21)25/h3-4,6,8,10-13,19,22,25H,5,7,9,14-18H2,1-2H3,(H,28,30)/t25-/m0/s1. The lowest BCUT2D eigenvalue weighted by Crippen LogP contribution is -2.41. The second kappa shape index (κ2) is 10.9. The summed E-state index contributed by atoms with van der Waals surface area (Å²) in [6.45, 7) is 4.30. The molecule has 0 aromatic heterocycles. The lowest BCUT2D eigenvalue weighted by Gasteiger charge is -2.30. The van der Waals surface area contributed by atoms with Gasteiger partial charge in [-0.15, -0.1) is 0 Å². The summed E-state index contributed by atoms with van der Waals surface area (Å²) in [6.07, 6.45) is 3.63. The van der Waals surface area contributed by atoms with Crippen molar-refractivity contribution in [2.45, 2.75) is 62.8 Å². The van der Waals surface area contributed by atoms with E-state index in [9.17, 15) is 18.0 Å². The fourth-order valence-electron chi connectivity index (χ4n) is 4.90. The van der Waals surface area contributed by atoms with Crippen molar-refractivity contribution in [3.8, 4) is 0 Å². The molecule has 1 amide bonds. The first-order chi connectivity index (χ1) is 16.8. The smallest absolute Gasteiger partial charge is 0.309 e. The normalized spacial score (nSPS) is 19.2. The van der Waals surface area contributed by atoms with Gasteiger partial charge in [-0.3, -0.25) is 9.59 Å². The predicted octanol–water partition coefficient (Wildman–Crippen LogP) is 3.95. The number of esters is 1. The topological polar surface area (TPSA) is 92.8 Å². The molecule has 1 aliphatic heterocycles. The second-order valence-corrected chi connectivity index (χ2v) is 11.7. The number of sulfonamides is 1. The van der Waals surface area contributed by atoms with E-state index in [1.54, 1.807) is 12.1 Å². The second-order valence-electron chi connectivity index (χ2n) is 9.72. The third kappa shape index (κ3) is 5.93. The maximum absolute atomic E-state index is 13.0. The van der Waals surface area contributed by atoms with E-state index in [2.05, 4.69) is 25.2 Å². The van der Waals surface area contributed by atoms with Crippen molar-refractivity contribution in [1.82, 2.24) is 9.62 Å². The van der Waals surface area contributed by atoms with Gasteiger partial charge in [0.2, 0.25) is 10.0 Å². The largest absolute Gasteiger partial charge is 0.455 e. The molecule has 8 heteroatoms. The molecule has 1 aliphatic carbocycles. The zero-order valence-corrected chi connectivity index (χ0v) is 21.2. The van der Waals surface area contributed by atoms with Crippen LogP contribution in [0.25, 0.3) is 0 Å². The summed E-state index contributed by atoms with van der Waals surface area (Å²) >= 11 is 0. The Hall–Kier alpha value is -2.71. The monoisotopic (exact) mass is 498 g/mol. The van der Waals surface area contributed by atoms with Gasteiger partial charge in [0.25, 0.3) is 5.91 Å². The lowest BCUT2D eigenvalue weighted by atomic mass is 9.88. The number of amides is 1. The molecule has 0 saturated carbocycles. The van der Waals surface area contributed by atoms with Gasteiger partial charge in [0.05, 0.1) is 16.9 Å². The van der Waals surface area contributed by atoms with Gasteiger partial charge in [-0.05, 0) is 66.8 Å². The Labute approximate surface area is 207 Å². The number of rotatable bonds is 7. The molecule has 188 valence electrons. The zero-order valence-electron chi connectivity index (χ0n) is 20.4. The summed E-state index contributed by atoms with van der Waals surface area (Å²) in [7, 11) is -3.60. The first kappa shape index (κ1) is 25.4. The molecule has 0 spiro atoms. The van der Waals surface area contributed by atoms with Crippen LogP contribution < -0.4 is 5.32 Å². The molecule has 2 aromatic carbocycles. The average Bonchev–Trinajstić information content (AvgIpc) is 2.87. The van der Waals surface area contributed by atoms with Crippen molar-refractivity contribution < 1.29 is 22.7 Å². The van der Waals surface area contributed by atoms with Crippen molar-refractivity contribution >= 4 is 21.9 Å². The van der Waals surface area contributed by atoms with Crippen LogP contribution in [0, 0.1) is 5.92 Å². The minimum atomic E-state index is -3.60. The van der Waals surface area contributed by atoms with Crippen LogP contribution in [0.15, 0.2) is 53.4 Å². The van der Waals surface area contributed by atoms with E-state index in [0.717, 1.165) is 30.4 Å². The molecule has 4 rings (SSSR count). The average molecular weight is 499 g/mol. The Morgan fingerprint density at radius 3 is 2.40 bits per heavy atom. The molecule has 0 bridgehead atoms. The fraction of sp³-hybridized carbons (Fsp3) is 0.481. The molecule has 7 nitrogen and oxygen atoms in total. The molecule has 35 heavy (non-hydrogen) atoms. The highest BCUT2D eigenvalue weighted by molar-refractivity contribution is 7.89. The van der Waals surface area contributed by atoms with Crippen LogP contribution in [0.3, 0.4) is 0 Å². The van der Waals surface area contributed by atoms with E-state index in [1.807, 2.05) is 30.3 Å². The third-order valence-corrected chi connectivity index (χ3v) is 8.93. The number of benzene rings is 2. The van der Waals surface area contributed by atoms with Gasteiger partial charge in [-0.25, -0.2) is 8.42 Å². The van der Waals surface area contributed by atoms with Crippen LogP contribution in [0.4, 0.5) is 0 Å². The Balaban J connectivity index is 1.25. The van der Waals surface area contributed by atoms with E-state index >= 15 is 0 Å². The van der Waals surface area contributed by atoms with Crippen LogP contribution in [-0.4, -0.2) is 44.3 Å². The van der Waals surface area contributed by atoms with Crippen LogP contribution in [0.2, 0.25) is 0 Å². The summed E-state index contributed by atoms with van der Waals surface area (Å²) in [4.78, 5) is 25.3. The summed E-state index contributed by atoms with van der Waals surface area (Å²) < 4.78 is 32.7. The summed E-state index contributed by atoms with van der Waals surface area (Å²) in [5.41, 5.74) is 3.46. The quantitative estimate of drug-likeness (QED) is 0.584. The molecule has 1 atom stereocenters. The van der Waals surface area contributed by atoms with E-state index in [4.69, 9.17) is 4.74 Å². The van der Waals surface area contributed by atoms with Crippen molar-refractivity contribution in [2.24, 2.45) is 5.92 Å². The van der Waals surface area contributed by atoms with E-state index in [0.29, 0.717) is 18.8 Å². The van der Waals surface area contributed by atoms with Crippen LogP contribution in [0.1, 0.15) is 68.2 Å². The van der Waals surface area contributed by atoms with E-state index in [-0.39, 0.29) is 36.5 Å². The SMILES string of the molecule is CC(C)c1ccc(S(=O)(=O)N2CCC(C(=O)OCC(=O)N[C@H]3CCCc4ccccc43)CC2)cc1. The van der Waals surface area contributed by atoms with E-state index in [1.165, 1.54) is 9.87 Å². The highest BCUT2D eigenvalue weighted by Crippen LogP contribution is 2.29. The number of aryl methyl sites for hydroxylation is 1. The van der Waals surface area contributed by atoms with Crippen molar-refractivity contribution in [1.29, 1.82) is 0 Å². The van der Waals surface area contributed by atoms with Crippen molar-refractivity contribution in [3.63, 3.8) is 0 Å². The number of ether oxygens (including phenoxy) is 1. The molecule has 1 N–H and O–H groups in total. The van der Waals surface area contributed by atoms with Gasteiger partial charge in [-0.1, -0.05) is 50.2 Å². The van der Waals surface area contributed by atoms with Gasteiger partial charge in [0.15, 0.2) is 6.61 Å². The summed E-state index contributed by atoms with van der Waals surface area (Å²) in [5.74, 6) is -0.838. The number of piperidine rings is 1. The highest BCUT2D eigenvalue weighted by atomic mass is 32.2. The van der Waals surface area contributed by atoms with Gasteiger partial charge in [0, 0.05) is 13.1 Å². The minimum Gasteiger partial charge on any atom is -0.455 e. The number of nitrogens with zero attached hydrogens (tertiary/aromatic N) is 1. The van der Waals surface area contributed by atoms with Gasteiger partial charge in [-0.2, -0.15) is 4.31 Å². The Kier molecular flexibility index (Phi) is 7.91. The van der Waals surface area contributed by atoms with Crippen LogP contribution >= 0.6 is 0 Å². The minimum absolute atomic E-state index is 0.0609. The molecule has 1 saturated heterocycles. The summed E-state index contributed by atoms with van der Waals surface area (Å²) in [6, 6.07) is 15.0. The first-order valence-corrected chi connectivity index (χ1v) is 13.8. The third-order valence-electron chi connectivity index (χ3n) is 7.02. The molecule has 2 aromatic rings. The van der Waals surface area contributed by atoms with Gasteiger partial charge < -0.3 is 10.1 Å². The maximum Gasteiger partial charge on any atom is 0.309 e. The Bertz CT molecular complexity index is 1150. The molecular formula is C27H34N2O5S. The first-order valence-electron chi connectivity index (χ1n) is 12.4. The number of hydrogen-bond acceptors (Lipinski definition) is 5. The number of hydrogen-bond donors (Lipinski definition) is 1. The molecule has 1 fully saturated rings. The Morgan fingerprint density at radius 1 is 1.03 bits per heavy atom. The van der Waals surface area contributed by atoms with Crippen LogP contribution in [0.5, 0.6) is 0 Å². The number of nitrogens with one attached hydrogen (secondary N) is 1. The van der Waals surface area contributed by atoms with Crippen molar-refractivity contribution in [2.75, 3.05) is 19.7 Å².